The van der Waals surface area contributed by atoms with Gasteiger partial charge in [-0.3, -0.25) is 0 Å². The van der Waals surface area contributed by atoms with Gasteiger partial charge in [0.05, 0.1) is 6.61 Å². The highest BCUT2D eigenvalue weighted by molar-refractivity contribution is 5.45. The zero-order valence-electron chi connectivity index (χ0n) is 17.7. The Morgan fingerprint density at radius 3 is 2.37 bits per heavy atom. The summed E-state index contributed by atoms with van der Waals surface area (Å²) < 4.78 is 5.81. The number of benzene rings is 2. The molecule has 0 spiro atoms. The summed E-state index contributed by atoms with van der Waals surface area (Å²) in [6, 6.07) is 12.8. The van der Waals surface area contributed by atoms with Crippen molar-refractivity contribution >= 4 is 0 Å². The van der Waals surface area contributed by atoms with Gasteiger partial charge in [-0.2, -0.15) is 0 Å². The Hall–Kier alpha value is -1.76. The standard InChI is InChI=1S/C25H32O5/c1-14(2)16-8-6-15(7-9-16)10-18-12-19(11-17-4-3-5-20(17)18)25-24(29)23(28)22(27)21(13-26)30-25/h6-9,11-12,14,21-29H,3-5,10,13H2,1-2H3/t21-,22-,23+,24-,25+/m1/s1. The zero-order valence-corrected chi connectivity index (χ0v) is 17.7. The zero-order chi connectivity index (χ0) is 21.4. The van der Waals surface area contributed by atoms with E-state index in [1.807, 2.05) is 0 Å². The highest BCUT2D eigenvalue weighted by atomic mass is 16.5. The van der Waals surface area contributed by atoms with Crippen LogP contribution < -0.4 is 0 Å². The van der Waals surface area contributed by atoms with Crippen LogP contribution >= 0.6 is 0 Å². The van der Waals surface area contributed by atoms with E-state index in [-0.39, 0.29) is 0 Å². The van der Waals surface area contributed by atoms with Gasteiger partial charge in [0.15, 0.2) is 0 Å². The van der Waals surface area contributed by atoms with E-state index in [4.69, 9.17) is 4.74 Å². The number of hydrogen-bond donors (Lipinski definition) is 4. The first kappa shape index (κ1) is 21.5. The monoisotopic (exact) mass is 412 g/mol. The van der Waals surface area contributed by atoms with Crippen LogP contribution in [0.5, 0.6) is 0 Å². The molecule has 0 bridgehead atoms. The number of aryl methyl sites for hydroxylation is 1. The van der Waals surface area contributed by atoms with Crippen LogP contribution in [0.2, 0.25) is 0 Å². The smallest absolute Gasteiger partial charge is 0.113 e. The minimum atomic E-state index is -1.36. The van der Waals surface area contributed by atoms with Crippen LogP contribution in [0.25, 0.3) is 0 Å². The number of aliphatic hydroxyl groups is 4. The minimum absolute atomic E-state index is 0.415. The molecule has 1 aliphatic carbocycles. The minimum Gasteiger partial charge on any atom is -0.394 e. The molecular weight excluding hydrogens is 380 g/mol. The Balaban J connectivity index is 1.66. The Kier molecular flexibility index (Phi) is 6.28. The van der Waals surface area contributed by atoms with Gasteiger partial charge in [-0.25, -0.2) is 0 Å². The molecule has 0 aromatic heterocycles. The van der Waals surface area contributed by atoms with Gasteiger partial charge in [-0.1, -0.05) is 50.2 Å². The number of fused-ring (bicyclic) bond motifs is 1. The molecule has 1 saturated heterocycles. The van der Waals surface area contributed by atoms with Crippen molar-refractivity contribution in [3.8, 4) is 0 Å². The third-order valence-electron chi connectivity index (χ3n) is 6.59. The molecule has 5 nitrogen and oxygen atoms in total. The van der Waals surface area contributed by atoms with Crippen LogP contribution in [0.4, 0.5) is 0 Å². The van der Waals surface area contributed by atoms with Crippen LogP contribution in [0.3, 0.4) is 0 Å². The molecule has 162 valence electrons. The van der Waals surface area contributed by atoms with E-state index >= 15 is 0 Å². The molecule has 30 heavy (non-hydrogen) atoms. The lowest BCUT2D eigenvalue weighted by Crippen LogP contribution is -2.55. The van der Waals surface area contributed by atoms with Gasteiger partial charge in [0.1, 0.15) is 30.5 Å². The highest BCUT2D eigenvalue weighted by Crippen LogP contribution is 2.37. The largest absolute Gasteiger partial charge is 0.394 e. The van der Waals surface area contributed by atoms with E-state index < -0.39 is 37.1 Å². The first-order valence-corrected chi connectivity index (χ1v) is 10.9. The van der Waals surface area contributed by atoms with Crippen molar-refractivity contribution < 1.29 is 25.2 Å². The predicted octanol–water partition coefficient (Wildman–Crippen LogP) is 2.40. The molecule has 5 heteroatoms. The van der Waals surface area contributed by atoms with Crippen LogP contribution in [-0.2, 0) is 24.0 Å². The van der Waals surface area contributed by atoms with Gasteiger partial charge in [-0.05, 0) is 65.0 Å². The van der Waals surface area contributed by atoms with Gasteiger partial charge < -0.3 is 25.2 Å². The van der Waals surface area contributed by atoms with Crippen molar-refractivity contribution in [3.05, 3.63) is 69.8 Å². The lowest BCUT2D eigenvalue weighted by atomic mass is 9.87. The Morgan fingerprint density at radius 1 is 0.967 bits per heavy atom. The van der Waals surface area contributed by atoms with Crippen molar-refractivity contribution in [2.75, 3.05) is 6.61 Å². The van der Waals surface area contributed by atoms with Crippen LogP contribution in [0, 0.1) is 0 Å². The first-order valence-electron chi connectivity index (χ1n) is 10.9. The molecule has 5 atom stereocenters. The normalized spacial score (nSPS) is 28.7. The Labute approximate surface area is 178 Å². The van der Waals surface area contributed by atoms with Gasteiger partial charge in [0.25, 0.3) is 0 Å². The second-order valence-electron chi connectivity index (χ2n) is 8.99. The number of hydrogen-bond acceptors (Lipinski definition) is 5. The van der Waals surface area contributed by atoms with E-state index in [1.165, 1.54) is 27.8 Å². The summed E-state index contributed by atoms with van der Waals surface area (Å²) in [6.07, 6.45) is -1.69. The average molecular weight is 413 g/mol. The molecule has 4 rings (SSSR count). The molecule has 0 radical (unpaired) electrons. The number of aliphatic hydroxyl groups excluding tert-OH is 4. The molecule has 2 aromatic carbocycles. The summed E-state index contributed by atoms with van der Waals surface area (Å²) in [6.45, 7) is 3.96. The summed E-state index contributed by atoms with van der Waals surface area (Å²) >= 11 is 0. The van der Waals surface area contributed by atoms with Gasteiger partial charge in [0, 0.05) is 0 Å². The molecule has 4 N–H and O–H groups in total. The maximum Gasteiger partial charge on any atom is 0.113 e. The van der Waals surface area contributed by atoms with E-state index in [1.54, 1.807) is 0 Å². The van der Waals surface area contributed by atoms with E-state index in [0.717, 1.165) is 31.2 Å². The van der Waals surface area contributed by atoms with E-state index in [9.17, 15) is 20.4 Å². The molecule has 0 unspecified atom stereocenters. The average Bonchev–Trinajstić information content (AvgIpc) is 3.22. The van der Waals surface area contributed by atoms with E-state index in [0.29, 0.717) is 5.92 Å². The molecule has 1 aliphatic heterocycles. The fraction of sp³-hybridized carbons (Fsp3) is 0.520. The van der Waals surface area contributed by atoms with Crippen molar-refractivity contribution in [1.29, 1.82) is 0 Å². The van der Waals surface area contributed by atoms with Crippen LogP contribution in [0.1, 0.15) is 65.7 Å². The molecule has 1 fully saturated rings. The molecule has 0 saturated carbocycles. The third kappa shape index (κ3) is 4.05. The Morgan fingerprint density at radius 2 is 1.70 bits per heavy atom. The summed E-state index contributed by atoms with van der Waals surface area (Å²) in [5.74, 6) is 0.498. The summed E-state index contributed by atoms with van der Waals surface area (Å²) in [5, 5.41) is 40.4. The topological polar surface area (TPSA) is 90.2 Å². The quantitative estimate of drug-likeness (QED) is 0.606. The summed E-state index contributed by atoms with van der Waals surface area (Å²) in [7, 11) is 0. The number of rotatable bonds is 5. The predicted molar refractivity (Wildman–Crippen MR) is 115 cm³/mol. The lowest BCUT2D eigenvalue weighted by Gasteiger charge is -2.40. The second-order valence-corrected chi connectivity index (χ2v) is 8.99. The fourth-order valence-electron chi connectivity index (χ4n) is 4.76. The molecule has 2 aliphatic rings. The molecule has 1 heterocycles. The molecule has 2 aromatic rings. The van der Waals surface area contributed by atoms with Gasteiger partial charge in [0.2, 0.25) is 0 Å². The van der Waals surface area contributed by atoms with Gasteiger partial charge in [-0.15, -0.1) is 0 Å². The van der Waals surface area contributed by atoms with Crippen molar-refractivity contribution in [2.45, 2.75) is 76.0 Å². The maximum atomic E-state index is 10.6. The summed E-state index contributed by atoms with van der Waals surface area (Å²) in [4.78, 5) is 0. The third-order valence-corrected chi connectivity index (χ3v) is 6.59. The van der Waals surface area contributed by atoms with E-state index in [2.05, 4.69) is 50.2 Å². The first-order chi connectivity index (χ1) is 14.4. The van der Waals surface area contributed by atoms with Crippen LogP contribution in [0.15, 0.2) is 36.4 Å². The molecule has 0 amide bonds. The highest BCUT2D eigenvalue weighted by Gasteiger charge is 2.44. The molecular formula is C25H32O5. The fourth-order valence-corrected chi connectivity index (χ4v) is 4.76. The SMILES string of the molecule is CC(C)c1ccc(Cc2cc([C@@H]3O[C@H](CO)[C@@H](O)[C@H](O)[C@H]3O)cc3c2CCC3)cc1. The van der Waals surface area contributed by atoms with Gasteiger partial charge >= 0.3 is 0 Å². The van der Waals surface area contributed by atoms with Crippen LogP contribution in [-0.4, -0.2) is 51.4 Å². The van der Waals surface area contributed by atoms with Crippen molar-refractivity contribution in [3.63, 3.8) is 0 Å². The lowest BCUT2D eigenvalue weighted by molar-refractivity contribution is -0.231. The van der Waals surface area contributed by atoms with Crippen molar-refractivity contribution in [2.24, 2.45) is 0 Å². The number of ether oxygens (including phenoxy) is 1. The second kappa shape index (κ2) is 8.77. The Bertz CT molecular complexity index is 874. The maximum absolute atomic E-state index is 10.6. The summed E-state index contributed by atoms with van der Waals surface area (Å²) in [5.41, 5.74) is 7.20. The van der Waals surface area contributed by atoms with Crippen molar-refractivity contribution in [1.82, 2.24) is 0 Å².